The summed E-state index contributed by atoms with van der Waals surface area (Å²) in [5.41, 5.74) is 1.91. The second-order valence-electron chi connectivity index (χ2n) is 5.87. The third kappa shape index (κ3) is 2.45. The maximum absolute atomic E-state index is 3.58. The first kappa shape index (κ1) is 12.2. The molecule has 0 radical (unpaired) electrons. The average Bonchev–Trinajstić information content (AvgIpc) is 2.79. The maximum Gasteiger partial charge on any atom is 0.0349 e. The molecular formula is C16H24N2. The molecule has 1 N–H and O–H groups in total. The van der Waals surface area contributed by atoms with Crippen LogP contribution in [0, 0.1) is 0 Å². The van der Waals surface area contributed by atoms with Crippen LogP contribution >= 0.6 is 0 Å². The van der Waals surface area contributed by atoms with Crippen LogP contribution in [-0.4, -0.2) is 30.1 Å². The van der Waals surface area contributed by atoms with Crippen molar-refractivity contribution in [3.63, 3.8) is 0 Å². The first-order valence-electron chi connectivity index (χ1n) is 7.39. The Labute approximate surface area is 110 Å². The lowest BCUT2D eigenvalue weighted by Gasteiger charge is -2.39. The second-order valence-corrected chi connectivity index (χ2v) is 5.87. The molecule has 0 amide bonds. The van der Waals surface area contributed by atoms with Gasteiger partial charge in [-0.2, -0.15) is 0 Å². The highest BCUT2D eigenvalue weighted by Crippen LogP contribution is 2.33. The normalized spacial score (nSPS) is 29.6. The van der Waals surface area contributed by atoms with E-state index in [0.717, 1.165) is 6.54 Å². The van der Waals surface area contributed by atoms with Gasteiger partial charge in [0.25, 0.3) is 0 Å². The number of rotatable bonds is 2. The van der Waals surface area contributed by atoms with Crippen molar-refractivity contribution in [2.24, 2.45) is 0 Å². The highest BCUT2D eigenvalue weighted by Gasteiger charge is 2.39. The van der Waals surface area contributed by atoms with Crippen molar-refractivity contribution in [3.05, 3.63) is 35.9 Å². The Morgan fingerprint density at radius 1 is 1.06 bits per heavy atom. The molecule has 1 atom stereocenters. The third-order valence-corrected chi connectivity index (χ3v) is 4.68. The van der Waals surface area contributed by atoms with E-state index in [9.17, 15) is 0 Å². The minimum Gasteiger partial charge on any atom is -0.315 e. The van der Waals surface area contributed by atoms with Crippen molar-refractivity contribution < 1.29 is 0 Å². The molecule has 1 unspecified atom stereocenters. The quantitative estimate of drug-likeness (QED) is 0.860. The molecule has 98 valence electrons. The van der Waals surface area contributed by atoms with Crippen LogP contribution in [0.15, 0.2) is 30.3 Å². The van der Waals surface area contributed by atoms with E-state index in [4.69, 9.17) is 0 Å². The lowest BCUT2D eigenvalue weighted by Crippen LogP contribution is -2.49. The van der Waals surface area contributed by atoms with Crippen LogP contribution in [0.1, 0.15) is 37.7 Å². The molecule has 3 rings (SSSR count). The molecule has 1 aromatic carbocycles. The van der Waals surface area contributed by atoms with Gasteiger partial charge < -0.3 is 5.32 Å². The fourth-order valence-corrected chi connectivity index (χ4v) is 3.59. The topological polar surface area (TPSA) is 15.3 Å². The molecular weight excluding hydrogens is 220 g/mol. The first-order valence-corrected chi connectivity index (χ1v) is 7.39. The lowest BCUT2D eigenvalue weighted by atomic mass is 9.90. The zero-order valence-electron chi connectivity index (χ0n) is 11.2. The van der Waals surface area contributed by atoms with Crippen LogP contribution < -0.4 is 5.32 Å². The van der Waals surface area contributed by atoms with Gasteiger partial charge in [-0.15, -0.1) is 0 Å². The van der Waals surface area contributed by atoms with E-state index in [-0.39, 0.29) is 0 Å². The molecule has 0 saturated carbocycles. The van der Waals surface area contributed by atoms with Crippen LogP contribution in [0.4, 0.5) is 0 Å². The number of hydrogen-bond donors (Lipinski definition) is 1. The number of benzene rings is 1. The summed E-state index contributed by atoms with van der Waals surface area (Å²) in [7, 11) is 0. The minimum absolute atomic E-state index is 0.451. The summed E-state index contributed by atoms with van der Waals surface area (Å²) in [4.78, 5) is 2.76. The van der Waals surface area contributed by atoms with E-state index in [0.29, 0.717) is 5.54 Å². The van der Waals surface area contributed by atoms with Crippen LogP contribution in [0.3, 0.4) is 0 Å². The van der Waals surface area contributed by atoms with Gasteiger partial charge in [0.05, 0.1) is 0 Å². The second kappa shape index (κ2) is 5.41. The van der Waals surface area contributed by atoms with Crippen LogP contribution in [0.2, 0.25) is 0 Å². The SMILES string of the molecule is c1ccc(CN2CCCCCC23CCNC3)cc1. The monoisotopic (exact) mass is 244 g/mol. The fraction of sp³-hybridized carbons (Fsp3) is 0.625. The molecule has 0 aliphatic carbocycles. The highest BCUT2D eigenvalue weighted by atomic mass is 15.2. The molecule has 2 aliphatic heterocycles. The molecule has 1 aromatic rings. The van der Waals surface area contributed by atoms with E-state index >= 15 is 0 Å². The van der Waals surface area contributed by atoms with Crippen molar-refractivity contribution >= 4 is 0 Å². The van der Waals surface area contributed by atoms with Gasteiger partial charge in [-0.05, 0) is 37.9 Å². The zero-order chi connectivity index (χ0) is 12.3. The number of nitrogens with one attached hydrogen (secondary N) is 1. The Hall–Kier alpha value is -0.860. The summed E-state index contributed by atoms with van der Waals surface area (Å²) in [6.07, 6.45) is 6.90. The van der Waals surface area contributed by atoms with Crippen molar-refractivity contribution in [3.8, 4) is 0 Å². The minimum atomic E-state index is 0.451. The predicted molar refractivity (Wildman–Crippen MR) is 75.5 cm³/mol. The Morgan fingerprint density at radius 2 is 1.94 bits per heavy atom. The summed E-state index contributed by atoms with van der Waals surface area (Å²) in [5, 5.41) is 3.58. The van der Waals surface area contributed by atoms with Gasteiger partial charge in [0.15, 0.2) is 0 Å². The number of nitrogens with zero attached hydrogens (tertiary/aromatic N) is 1. The molecule has 2 aliphatic rings. The molecule has 0 bridgehead atoms. The predicted octanol–water partition coefficient (Wildman–Crippen LogP) is 2.79. The Bertz CT molecular complexity index is 368. The van der Waals surface area contributed by atoms with E-state index in [2.05, 4.69) is 40.5 Å². The van der Waals surface area contributed by atoms with E-state index < -0.39 is 0 Å². The van der Waals surface area contributed by atoms with Gasteiger partial charge in [-0.3, -0.25) is 4.90 Å². The summed E-state index contributed by atoms with van der Waals surface area (Å²) < 4.78 is 0. The molecule has 0 aromatic heterocycles. The molecule has 1 spiro atoms. The van der Waals surface area contributed by atoms with Gasteiger partial charge in [-0.25, -0.2) is 0 Å². The molecule has 2 heteroatoms. The Balaban J connectivity index is 1.78. The number of hydrogen-bond acceptors (Lipinski definition) is 2. The summed E-state index contributed by atoms with van der Waals surface area (Å²) in [6, 6.07) is 11.0. The average molecular weight is 244 g/mol. The summed E-state index contributed by atoms with van der Waals surface area (Å²) in [5.74, 6) is 0. The van der Waals surface area contributed by atoms with Crippen LogP contribution in [-0.2, 0) is 6.54 Å². The van der Waals surface area contributed by atoms with Crippen molar-refractivity contribution in [2.45, 2.75) is 44.2 Å². The molecule has 2 saturated heterocycles. The fourth-order valence-electron chi connectivity index (χ4n) is 3.59. The van der Waals surface area contributed by atoms with E-state index in [1.54, 1.807) is 0 Å². The largest absolute Gasteiger partial charge is 0.315 e. The van der Waals surface area contributed by atoms with Crippen LogP contribution in [0.25, 0.3) is 0 Å². The smallest absolute Gasteiger partial charge is 0.0349 e. The third-order valence-electron chi connectivity index (χ3n) is 4.68. The van der Waals surface area contributed by atoms with Gasteiger partial charge in [0.1, 0.15) is 0 Å². The van der Waals surface area contributed by atoms with Crippen molar-refractivity contribution in [2.75, 3.05) is 19.6 Å². The number of likely N-dealkylation sites (tertiary alicyclic amines) is 1. The zero-order valence-corrected chi connectivity index (χ0v) is 11.2. The molecule has 2 heterocycles. The molecule has 2 nitrogen and oxygen atoms in total. The maximum atomic E-state index is 3.58. The van der Waals surface area contributed by atoms with E-state index in [1.165, 1.54) is 57.3 Å². The van der Waals surface area contributed by atoms with Gasteiger partial charge in [-0.1, -0.05) is 43.2 Å². The summed E-state index contributed by atoms with van der Waals surface area (Å²) >= 11 is 0. The highest BCUT2D eigenvalue weighted by molar-refractivity contribution is 5.15. The van der Waals surface area contributed by atoms with Gasteiger partial charge in [0.2, 0.25) is 0 Å². The first-order chi connectivity index (χ1) is 8.89. The van der Waals surface area contributed by atoms with Crippen LogP contribution in [0.5, 0.6) is 0 Å². The van der Waals surface area contributed by atoms with Crippen molar-refractivity contribution in [1.29, 1.82) is 0 Å². The van der Waals surface area contributed by atoms with Crippen molar-refractivity contribution in [1.82, 2.24) is 10.2 Å². The lowest BCUT2D eigenvalue weighted by molar-refractivity contribution is 0.0974. The van der Waals surface area contributed by atoms with E-state index in [1.807, 2.05) is 0 Å². The van der Waals surface area contributed by atoms with Gasteiger partial charge >= 0.3 is 0 Å². The Kier molecular flexibility index (Phi) is 3.67. The summed E-state index contributed by atoms with van der Waals surface area (Å²) in [6.45, 7) is 4.80. The Morgan fingerprint density at radius 3 is 2.72 bits per heavy atom. The molecule has 2 fully saturated rings. The molecule has 18 heavy (non-hydrogen) atoms. The standard InChI is InChI=1S/C16H24N2/c1-3-7-15(8-4-1)13-18-12-6-2-5-9-16(18)10-11-17-14-16/h1,3-4,7-8,17H,2,5-6,9-14H2. The van der Waals surface area contributed by atoms with Gasteiger partial charge in [0, 0.05) is 18.6 Å².